The maximum Gasteiger partial charge on any atom is 0.221 e. The Hall–Kier alpha value is -1.22. The molecular weight excluding hydrogens is 244 g/mol. The molecule has 0 saturated carbocycles. The average molecular weight is 264 g/mol. The van der Waals surface area contributed by atoms with Crippen molar-refractivity contribution in [2.45, 2.75) is 37.7 Å². The van der Waals surface area contributed by atoms with Crippen molar-refractivity contribution >= 4 is 11.8 Å². The number of carbonyl (C=O) groups excluding carboxylic acids is 2. The number of hydrogen-bond donors (Lipinski definition) is 6. The summed E-state index contributed by atoms with van der Waals surface area (Å²) >= 11 is 0. The van der Waals surface area contributed by atoms with Crippen LogP contribution in [0.3, 0.4) is 0 Å². The molecule has 0 radical (unpaired) electrons. The molecular formula is C10H20N2O6. The smallest absolute Gasteiger partial charge is 0.221 e. The second-order valence-electron chi connectivity index (χ2n) is 3.92. The van der Waals surface area contributed by atoms with Crippen LogP contribution in [0.25, 0.3) is 0 Å². The molecule has 18 heavy (non-hydrogen) atoms. The molecule has 0 aliphatic rings. The van der Waals surface area contributed by atoms with Gasteiger partial charge in [0, 0.05) is 20.4 Å². The second-order valence-corrected chi connectivity index (χ2v) is 3.92. The zero-order valence-electron chi connectivity index (χ0n) is 10.3. The average Bonchev–Trinajstić information content (AvgIpc) is 2.34. The van der Waals surface area contributed by atoms with Crippen molar-refractivity contribution in [1.29, 1.82) is 0 Å². The maximum atomic E-state index is 11.2. The van der Waals surface area contributed by atoms with E-state index in [1.54, 1.807) is 0 Å². The summed E-state index contributed by atoms with van der Waals surface area (Å²) in [5, 5.41) is 41.7. The zero-order chi connectivity index (χ0) is 14.3. The zero-order valence-corrected chi connectivity index (χ0v) is 10.3. The Morgan fingerprint density at radius 1 is 1.17 bits per heavy atom. The van der Waals surface area contributed by atoms with E-state index in [-0.39, 0.29) is 6.42 Å². The first kappa shape index (κ1) is 16.8. The van der Waals surface area contributed by atoms with E-state index in [2.05, 4.69) is 10.6 Å². The van der Waals surface area contributed by atoms with Gasteiger partial charge in [-0.15, -0.1) is 0 Å². The fourth-order valence-corrected chi connectivity index (χ4v) is 1.39. The minimum absolute atomic E-state index is 0.257. The van der Waals surface area contributed by atoms with Gasteiger partial charge >= 0.3 is 0 Å². The Morgan fingerprint density at radius 3 is 2.11 bits per heavy atom. The molecule has 4 atom stereocenters. The molecule has 2 unspecified atom stereocenters. The minimum Gasteiger partial charge on any atom is -0.394 e. The Labute approximate surface area is 105 Å². The van der Waals surface area contributed by atoms with Crippen molar-refractivity contribution in [2.75, 3.05) is 13.7 Å². The fourth-order valence-electron chi connectivity index (χ4n) is 1.39. The lowest BCUT2D eigenvalue weighted by Gasteiger charge is -2.28. The van der Waals surface area contributed by atoms with E-state index in [9.17, 15) is 24.9 Å². The predicted octanol–water partition coefficient (Wildman–Crippen LogP) is -3.30. The van der Waals surface area contributed by atoms with Crippen LogP contribution in [0.1, 0.15) is 13.3 Å². The van der Waals surface area contributed by atoms with Crippen molar-refractivity contribution in [3.8, 4) is 0 Å². The van der Waals surface area contributed by atoms with Crippen molar-refractivity contribution in [2.24, 2.45) is 0 Å². The van der Waals surface area contributed by atoms with Gasteiger partial charge in [0.05, 0.1) is 12.6 Å². The van der Waals surface area contributed by atoms with Crippen LogP contribution in [0.4, 0.5) is 0 Å². The van der Waals surface area contributed by atoms with Gasteiger partial charge in [-0.1, -0.05) is 0 Å². The number of nitrogens with one attached hydrogen (secondary N) is 2. The number of amides is 2. The van der Waals surface area contributed by atoms with Gasteiger partial charge in [-0.3, -0.25) is 9.59 Å². The maximum absolute atomic E-state index is 11.2. The highest BCUT2D eigenvalue weighted by Crippen LogP contribution is 2.08. The van der Waals surface area contributed by atoms with Gasteiger partial charge in [-0.25, -0.2) is 0 Å². The molecule has 2 amide bonds. The van der Waals surface area contributed by atoms with Crippen LogP contribution < -0.4 is 10.6 Å². The molecule has 0 aliphatic heterocycles. The van der Waals surface area contributed by atoms with E-state index in [4.69, 9.17) is 5.11 Å². The molecule has 0 fully saturated rings. The first-order chi connectivity index (χ1) is 8.33. The van der Waals surface area contributed by atoms with Crippen LogP contribution in [-0.4, -0.2) is 70.2 Å². The quantitative estimate of drug-likeness (QED) is 0.285. The third-order valence-electron chi connectivity index (χ3n) is 2.42. The van der Waals surface area contributed by atoms with E-state index in [1.165, 1.54) is 14.0 Å². The molecule has 106 valence electrons. The van der Waals surface area contributed by atoms with Crippen LogP contribution in [0.15, 0.2) is 0 Å². The van der Waals surface area contributed by atoms with Gasteiger partial charge < -0.3 is 31.1 Å². The third-order valence-corrected chi connectivity index (χ3v) is 2.42. The third kappa shape index (κ3) is 5.41. The fraction of sp³-hybridized carbons (Fsp3) is 0.800. The van der Waals surface area contributed by atoms with Crippen molar-refractivity contribution in [1.82, 2.24) is 10.6 Å². The van der Waals surface area contributed by atoms with E-state index in [0.717, 1.165) is 0 Å². The summed E-state index contributed by atoms with van der Waals surface area (Å²) in [6.45, 7) is 0.448. The van der Waals surface area contributed by atoms with Crippen LogP contribution in [0.5, 0.6) is 0 Å². The minimum atomic E-state index is -1.67. The highest BCUT2D eigenvalue weighted by atomic mass is 16.4. The standard InChI is InChI=1S/C10H20N2O6/c1-5(14)12-6(3-8(16)11-2)9(17)10(18)7(15)4-13/h6-7,9-10,13,15,17-18H,3-4H2,1-2H3,(H,11,16)(H,12,14)/t6?,7?,9-,10+/m1/s1. The normalized spacial score (nSPS) is 17.4. The highest BCUT2D eigenvalue weighted by molar-refractivity contribution is 5.78. The Balaban J connectivity index is 4.71. The Kier molecular flexibility index (Phi) is 7.44. The number of aliphatic hydroxyl groups excluding tert-OH is 4. The van der Waals surface area contributed by atoms with Crippen LogP contribution in [0, 0.1) is 0 Å². The van der Waals surface area contributed by atoms with Gasteiger partial charge in [0.1, 0.15) is 18.3 Å². The van der Waals surface area contributed by atoms with Gasteiger partial charge in [0.2, 0.25) is 11.8 Å². The molecule has 0 aromatic heterocycles. The highest BCUT2D eigenvalue weighted by Gasteiger charge is 2.32. The summed E-state index contributed by atoms with van der Waals surface area (Å²) in [6, 6.07) is -1.06. The molecule has 0 bridgehead atoms. The van der Waals surface area contributed by atoms with Crippen molar-refractivity contribution < 1.29 is 30.0 Å². The summed E-state index contributed by atoms with van der Waals surface area (Å²) in [5.74, 6) is -0.938. The monoisotopic (exact) mass is 264 g/mol. The summed E-state index contributed by atoms with van der Waals surface area (Å²) in [7, 11) is 1.39. The van der Waals surface area contributed by atoms with E-state index >= 15 is 0 Å². The molecule has 0 rings (SSSR count). The summed E-state index contributed by atoms with van der Waals surface area (Å²) in [4.78, 5) is 22.1. The number of hydrogen-bond acceptors (Lipinski definition) is 6. The summed E-state index contributed by atoms with van der Waals surface area (Å²) < 4.78 is 0. The molecule has 0 saturated heterocycles. The Morgan fingerprint density at radius 2 is 1.72 bits per heavy atom. The molecule has 0 aromatic rings. The van der Waals surface area contributed by atoms with Crippen molar-refractivity contribution in [3.05, 3.63) is 0 Å². The van der Waals surface area contributed by atoms with E-state index < -0.39 is 42.8 Å². The number of rotatable bonds is 7. The topological polar surface area (TPSA) is 139 Å². The molecule has 8 heteroatoms. The van der Waals surface area contributed by atoms with E-state index in [1.807, 2.05) is 0 Å². The lowest BCUT2D eigenvalue weighted by atomic mass is 9.98. The van der Waals surface area contributed by atoms with E-state index in [0.29, 0.717) is 0 Å². The van der Waals surface area contributed by atoms with Gasteiger partial charge in [-0.2, -0.15) is 0 Å². The lowest BCUT2D eigenvalue weighted by Crippen LogP contribution is -2.53. The first-order valence-corrected chi connectivity index (χ1v) is 5.46. The predicted molar refractivity (Wildman–Crippen MR) is 61.4 cm³/mol. The molecule has 0 spiro atoms. The summed E-state index contributed by atoms with van der Waals surface area (Å²) in [6.07, 6.45) is -5.06. The lowest BCUT2D eigenvalue weighted by molar-refractivity contribution is -0.128. The SMILES string of the molecule is CNC(=O)CC(NC(C)=O)[C@@H](O)[C@@H](O)C(O)CO. The first-order valence-electron chi connectivity index (χ1n) is 5.46. The van der Waals surface area contributed by atoms with Crippen LogP contribution in [0.2, 0.25) is 0 Å². The van der Waals surface area contributed by atoms with Crippen LogP contribution in [-0.2, 0) is 9.59 Å². The molecule has 6 N–H and O–H groups in total. The molecule has 0 aromatic carbocycles. The van der Waals surface area contributed by atoms with Crippen molar-refractivity contribution in [3.63, 3.8) is 0 Å². The van der Waals surface area contributed by atoms with Crippen LogP contribution >= 0.6 is 0 Å². The van der Waals surface area contributed by atoms with Gasteiger partial charge in [-0.05, 0) is 0 Å². The largest absolute Gasteiger partial charge is 0.394 e. The number of aliphatic hydroxyl groups is 4. The molecule has 0 aliphatic carbocycles. The number of carbonyl (C=O) groups is 2. The molecule has 8 nitrogen and oxygen atoms in total. The second kappa shape index (κ2) is 7.98. The summed E-state index contributed by atoms with van der Waals surface area (Å²) in [5.41, 5.74) is 0. The van der Waals surface area contributed by atoms with Gasteiger partial charge in [0.15, 0.2) is 0 Å². The van der Waals surface area contributed by atoms with Gasteiger partial charge in [0.25, 0.3) is 0 Å². The Bertz CT molecular complexity index is 286. The molecule has 0 heterocycles.